The molecule has 1 amide bonds. The molecular formula is C45H71NO11. The molecule has 0 aromatic carbocycles. The number of Topliss-reactive ketones (excluding diaryl/α,β-unsaturated/α-hetero) is 2. The quantitative estimate of drug-likeness (QED) is 0.174. The Morgan fingerprint density at radius 1 is 0.930 bits per heavy atom. The first kappa shape index (κ1) is 46.9. The van der Waals surface area contributed by atoms with E-state index < -0.39 is 77.4 Å². The zero-order valence-corrected chi connectivity index (χ0v) is 35.7. The highest BCUT2D eigenvalue weighted by atomic mass is 16.5. The van der Waals surface area contributed by atoms with E-state index in [1.54, 1.807) is 41.3 Å². The molecule has 2 unspecified atom stereocenters. The van der Waals surface area contributed by atoms with Gasteiger partial charge in [-0.2, -0.15) is 0 Å². The summed E-state index contributed by atoms with van der Waals surface area (Å²) >= 11 is 0. The summed E-state index contributed by atoms with van der Waals surface area (Å²) in [4.78, 5) is 58.1. The topological polar surface area (TPSA) is 169 Å². The Labute approximate surface area is 340 Å². The third-order valence-electron chi connectivity index (χ3n) is 13.5. The summed E-state index contributed by atoms with van der Waals surface area (Å²) in [6.07, 6.45) is 6.85. The zero-order chi connectivity index (χ0) is 42.2. The van der Waals surface area contributed by atoms with E-state index in [-0.39, 0.29) is 55.6 Å². The predicted molar refractivity (Wildman–Crippen MR) is 216 cm³/mol. The van der Waals surface area contributed by atoms with Crippen molar-refractivity contribution < 1.29 is 53.4 Å². The van der Waals surface area contributed by atoms with Gasteiger partial charge in [0, 0.05) is 52.0 Å². The van der Waals surface area contributed by atoms with Crippen molar-refractivity contribution in [2.75, 3.05) is 27.9 Å². The van der Waals surface area contributed by atoms with Crippen LogP contribution in [0.5, 0.6) is 0 Å². The van der Waals surface area contributed by atoms with Crippen LogP contribution in [0, 0.1) is 35.5 Å². The number of fused-ring (bicyclic) bond motifs is 3. The Hall–Kier alpha value is -2.74. The fraction of sp³-hybridized carbons (Fsp3) is 0.778. The molecule has 0 aromatic heterocycles. The van der Waals surface area contributed by atoms with Gasteiger partial charge in [0.2, 0.25) is 0 Å². The number of aliphatic hydroxyl groups excluding tert-OH is 2. The summed E-state index contributed by atoms with van der Waals surface area (Å²) in [5.41, 5.74) is -0.340. The van der Waals surface area contributed by atoms with Crippen molar-refractivity contribution in [1.82, 2.24) is 4.90 Å². The molecule has 12 heteroatoms. The molecule has 0 aromatic rings. The van der Waals surface area contributed by atoms with Crippen LogP contribution in [0.25, 0.3) is 0 Å². The van der Waals surface area contributed by atoms with Gasteiger partial charge < -0.3 is 39.2 Å². The number of ketones is 2. The SMILES string of the molecule is C=CC[C@@H]1/C=C(\C)C[C@H](C)C[C@H](OC)C2C[C@@](O)(C(=O)C(=O)N3CCCC[C@H]3C(=O)OC(/C(C)=C/[C@@H]3CC[C@@H](O)[C@H](OC)C3)[C@H](C)[C@@H](O)CC1=O)[C@H](C)C[C@@H]2OC. The number of cyclic esters (lactones) is 1. The number of carbonyl (C=O) groups is 4. The van der Waals surface area contributed by atoms with Crippen LogP contribution in [-0.4, -0.2) is 120 Å². The van der Waals surface area contributed by atoms with Crippen LogP contribution in [-0.2, 0) is 38.1 Å². The van der Waals surface area contributed by atoms with E-state index in [0.717, 1.165) is 5.57 Å². The maximum atomic E-state index is 14.3. The number of ether oxygens (including phenoxy) is 4. The van der Waals surface area contributed by atoms with Crippen molar-refractivity contribution in [2.24, 2.45) is 35.5 Å². The van der Waals surface area contributed by atoms with Crippen LogP contribution >= 0.6 is 0 Å². The lowest BCUT2D eigenvalue weighted by molar-refractivity contribution is -0.178. The molecule has 4 aliphatic rings. The highest BCUT2D eigenvalue weighted by Crippen LogP contribution is 2.43. The van der Waals surface area contributed by atoms with Crippen LogP contribution in [0.2, 0.25) is 0 Å². The van der Waals surface area contributed by atoms with Crippen molar-refractivity contribution in [3.63, 3.8) is 0 Å². The number of rotatable bonds is 7. The largest absolute Gasteiger partial charge is 0.456 e. The van der Waals surface area contributed by atoms with E-state index in [0.29, 0.717) is 63.4 Å². The lowest BCUT2D eigenvalue weighted by Gasteiger charge is -2.47. The van der Waals surface area contributed by atoms with Crippen molar-refractivity contribution in [2.45, 2.75) is 160 Å². The summed E-state index contributed by atoms with van der Waals surface area (Å²) in [5.74, 6) is -4.88. The van der Waals surface area contributed by atoms with Gasteiger partial charge in [-0.15, -0.1) is 6.58 Å². The molecule has 2 saturated carbocycles. The molecule has 3 fully saturated rings. The minimum atomic E-state index is -2.01. The van der Waals surface area contributed by atoms with E-state index in [9.17, 15) is 34.5 Å². The minimum Gasteiger partial charge on any atom is -0.456 e. The summed E-state index contributed by atoms with van der Waals surface area (Å²) in [7, 11) is 4.78. The van der Waals surface area contributed by atoms with Crippen molar-refractivity contribution in [3.05, 3.63) is 36.0 Å². The van der Waals surface area contributed by atoms with Crippen molar-refractivity contribution >= 4 is 23.4 Å². The molecule has 3 N–H and O–H groups in total. The smallest absolute Gasteiger partial charge is 0.329 e. The average Bonchev–Trinajstić information content (AvgIpc) is 3.18. The number of aliphatic hydroxyl groups is 3. The van der Waals surface area contributed by atoms with Crippen LogP contribution < -0.4 is 0 Å². The standard InChI is InChI=1S/C45H71NO11/c1-10-13-32-19-26(2)18-27(3)20-38(54-7)33-25-45(53,29(5)22-39(33)55-8)42(50)43(51)46-17-12-11-14-34(46)44(52)57-41(30(6)36(48)24-37(32)49)28(4)21-31-15-16-35(47)40(23-31)56-9/h10,19,21,27,29-36,38-41,47-48,53H,1,11-18,20,22-25H2,2-9H3/b26-19+,28-21+/t27-,29+,30+,31-,32+,33?,34-,35+,36-,38-,39-,40+,41?,45-/m0/s1. The van der Waals surface area contributed by atoms with Gasteiger partial charge in [-0.3, -0.25) is 14.4 Å². The molecule has 57 heavy (non-hydrogen) atoms. The maximum absolute atomic E-state index is 14.3. The third-order valence-corrected chi connectivity index (χ3v) is 13.5. The number of piperidine rings is 1. The number of hydrogen-bond acceptors (Lipinski definition) is 11. The molecule has 12 nitrogen and oxygen atoms in total. The average molecular weight is 802 g/mol. The lowest BCUT2D eigenvalue weighted by atomic mass is 9.65. The Bertz CT molecular complexity index is 1480. The molecule has 322 valence electrons. The van der Waals surface area contributed by atoms with E-state index in [4.69, 9.17) is 18.9 Å². The Morgan fingerprint density at radius 2 is 1.60 bits per heavy atom. The van der Waals surface area contributed by atoms with Gasteiger partial charge in [0.15, 0.2) is 0 Å². The summed E-state index contributed by atoms with van der Waals surface area (Å²) in [6, 6.07) is -1.09. The first-order chi connectivity index (χ1) is 27.0. The van der Waals surface area contributed by atoms with Gasteiger partial charge in [0.25, 0.3) is 11.7 Å². The second-order valence-corrected chi connectivity index (χ2v) is 17.8. The minimum absolute atomic E-state index is 0.00323. The molecule has 2 aliphatic heterocycles. The van der Waals surface area contributed by atoms with Crippen LogP contribution in [0.1, 0.15) is 112 Å². The van der Waals surface area contributed by atoms with Gasteiger partial charge in [-0.1, -0.05) is 44.6 Å². The van der Waals surface area contributed by atoms with E-state index in [1.807, 2.05) is 26.0 Å². The number of hydrogen-bond donors (Lipinski definition) is 3. The van der Waals surface area contributed by atoms with Gasteiger partial charge in [-0.05, 0) is 108 Å². The van der Waals surface area contributed by atoms with Crippen molar-refractivity contribution in [1.29, 1.82) is 0 Å². The number of nitrogens with zero attached hydrogens (tertiary/aromatic N) is 1. The van der Waals surface area contributed by atoms with Crippen LogP contribution in [0.3, 0.4) is 0 Å². The second kappa shape index (κ2) is 21.0. The highest BCUT2D eigenvalue weighted by molar-refractivity contribution is 6.39. The number of methoxy groups -OCH3 is 3. The third kappa shape index (κ3) is 11.3. The van der Waals surface area contributed by atoms with Crippen LogP contribution in [0.4, 0.5) is 0 Å². The Kier molecular flexibility index (Phi) is 17.3. The maximum Gasteiger partial charge on any atom is 0.329 e. The fourth-order valence-electron chi connectivity index (χ4n) is 10.0. The second-order valence-electron chi connectivity index (χ2n) is 17.8. The van der Waals surface area contributed by atoms with Gasteiger partial charge in [-0.25, -0.2) is 4.79 Å². The number of carbonyl (C=O) groups excluding carboxylic acids is 4. The molecule has 2 heterocycles. The molecule has 2 bridgehead atoms. The summed E-state index contributed by atoms with van der Waals surface area (Å²) in [6.45, 7) is 13.4. The molecule has 4 rings (SSSR count). The highest BCUT2D eigenvalue weighted by Gasteiger charge is 2.55. The van der Waals surface area contributed by atoms with Crippen molar-refractivity contribution in [3.8, 4) is 0 Å². The number of amides is 1. The summed E-state index contributed by atoms with van der Waals surface area (Å²) in [5, 5.41) is 34.4. The number of esters is 1. The lowest BCUT2D eigenvalue weighted by Crippen LogP contribution is -2.61. The molecule has 1 saturated heterocycles. The first-order valence-corrected chi connectivity index (χ1v) is 21.2. The fourth-order valence-corrected chi connectivity index (χ4v) is 10.0. The predicted octanol–water partition coefficient (Wildman–Crippen LogP) is 5.30. The van der Waals surface area contributed by atoms with E-state index in [2.05, 4.69) is 13.5 Å². The zero-order valence-electron chi connectivity index (χ0n) is 35.7. The molecule has 2 aliphatic carbocycles. The molecular weight excluding hydrogens is 730 g/mol. The Balaban J connectivity index is 1.78. The van der Waals surface area contributed by atoms with Gasteiger partial charge >= 0.3 is 5.97 Å². The molecule has 0 spiro atoms. The van der Waals surface area contributed by atoms with E-state index in [1.165, 1.54) is 4.90 Å². The molecule has 14 atom stereocenters. The number of allylic oxidation sites excluding steroid dienone is 4. The first-order valence-electron chi connectivity index (χ1n) is 21.2. The molecule has 0 radical (unpaired) electrons. The summed E-state index contributed by atoms with van der Waals surface area (Å²) < 4.78 is 23.8. The Morgan fingerprint density at radius 3 is 2.25 bits per heavy atom. The monoisotopic (exact) mass is 802 g/mol. The van der Waals surface area contributed by atoms with Gasteiger partial charge in [0.05, 0.1) is 30.5 Å². The van der Waals surface area contributed by atoms with Gasteiger partial charge in [0.1, 0.15) is 23.5 Å². The normalized spacial score (nSPS) is 41.0. The van der Waals surface area contributed by atoms with E-state index >= 15 is 0 Å². The van der Waals surface area contributed by atoms with Crippen LogP contribution in [0.15, 0.2) is 36.0 Å².